The molecule has 0 aromatic carbocycles. The normalized spacial score (nSPS) is 26.4. The maximum Gasteiger partial charge on any atom is 0.407 e. The van der Waals surface area contributed by atoms with E-state index in [1.807, 2.05) is 20.8 Å². The molecule has 6 nitrogen and oxygen atoms in total. The zero-order valence-electron chi connectivity index (χ0n) is 13.9. The minimum Gasteiger partial charge on any atom is -0.444 e. The summed E-state index contributed by atoms with van der Waals surface area (Å²) in [6.07, 6.45) is 5.16. The molecule has 0 aromatic rings. The monoisotopic (exact) mass is 312 g/mol. The molecule has 22 heavy (non-hydrogen) atoms. The third kappa shape index (κ3) is 4.87. The van der Waals surface area contributed by atoms with Gasteiger partial charge in [-0.3, -0.25) is 9.63 Å². The highest BCUT2D eigenvalue weighted by molar-refractivity contribution is 5.80. The van der Waals surface area contributed by atoms with Gasteiger partial charge in [0.2, 0.25) is 0 Å². The molecule has 1 saturated carbocycles. The van der Waals surface area contributed by atoms with Crippen molar-refractivity contribution in [2.24, 2.45) is 5.92 Å². The second-order valence-corrected chi connectivity index (χ2v) is 7.12. The van der Waals surface area contributed by atoms with E-state index in [9.17, 15) is 9.59 Å². The van der Waals surface area contributed by atoms with Gasteiger partial charge in [0.1, 0.15) is 5.60 Å². The van der Waals surface area contributed by atoms with E-state index in [1.54, 1.807) is 0 Å². The Morgan fingerprint density at radius 3 is 2.50 bits per heavy atom. The van der Waals surface area contributed by atoms with E-state index in [-0.39, 0.29) is 17.9 Å². The van der Waals surface area contributed by atoms with Crippen LogP contribution in [0.4, 0.5) is 4.79 Å². The number of hydroxylamine groups is 2. The number of alkyl carbamates (subject to hydrolysis) is 1. The lowest BCUT2D eigenvalue weighted by atomic mass is 9.93. The fraction of sp³-hybridized carbons (Fsp3) is 0.875. The lowest BCUT2D eigenvalue weighted by Gasteiger charge is -2.29. The minimum atomic E-state index is -0.535. The zero-order valence-corrected chi connectivity index (χ0v) is 13.9. The summed E-state index contributed by atoms with van der Waals surface area (Å²) < 4.78 is 5.33. The highest BCUT2D eigenvalue weighted by atomic mass is 16.7. The standard InChI is InChI=1S/C16H28N2O4/c1-16(2,3)22-15(20)17-13-9-6-4-5-8-12(13)14(19)18-10-7-11-21-18/h12-13H,4-11H2,1-3H3,(H,17,20). The molecule has 1 aliphatic heterocycles. The van der Waals surface area contributed by atoms with Gasteiger partial charge in [-0.05, 0) is 40.0 Å². The van der Waals surface area contributed by atoms with E-state index in [1.165, 1.54) is 5.06 Å². The third-order valence-electron chi connectivity index (χ3n) is 4.03. The highest BCUT2D eigenvalue weighted by Crippen LogP contribution is 2.27. The number of amides is 2. The number of nitrogens with zero attached hydrogens (tertiary/aromatic N) is 1. The number of ether oxygens (including phenoxy) is 1. The Bertz CT molecular complexity index is 399. The van der Waals surface area contributed by atoms with Crippen LogP contribution in [-0.4, -0.2) is 41.9 Å². The largest absolute Gasteiger partial charge is 0.444 e. The molecule has 1 N–H and O–H groups in total. The summed E-state index contributed by atoms with van der Waals surface area (Å²) in [7, 11) is 0. The highest BCUT2D eigenvalue weighted by Gasteiger charge is 2.36. The second kappa shape index (κ2) is 7.31. The van der Waals surface area contributed by atoms with Gasteiger partial charge in [0.25, 0.3) is 5.91 Å². The van der Waals surface area contributed by atoms with E-state index in [4.69, 9.17) is 9.57 Å². The van der Waals surface area contributed by atoms with Crippen LogP contribution in [0.15, 0.2) is 0 Å². The molecule has 2 rings (SSSR count). The number of hydrogen-bond acceptors (Lipinski definition) is 4. The van der Waals surface area contributed by atoms with Crippen molar-refractivity contribution in [2.45, 2.75) is 70.9 Å². The van der Waals surface area contributed by atoms with Crippen molar-refractivity contribution in [1.82, 2.24) is 10.4 Å². The van der Waals surface area contributed by atoms with Gasteiger partial charge in [0.15, 0.2) is 0 Å². The average molecular weight is 312 g/mol. The molecule has 126 valence electrons. The Balaban J connectivity index is 2.00. The van der Waals surface area contributed by atoms with Crippen LogP contribution in [0.2, 0.25) is 0 Å². The molecule has 1 heterocycles. The molecule has 2 amide bonds. The van der Waals surface area contributed by atoms with E-state index < -0.39 is 11.7 Å². The SMILES string of the molecule is CC(C)(C)OC(=O)NC1CCCCCC1C(=O)N1CCCO1. The van der Waals surface area contributed by atoms with E-state index in [2.05, 4.69) is 5.32 Å². The summed E-state index contributed by atoms with van der Waals surface area (Å²) in [5.41, 5.74) is -0.535. The van der Waals surface area contributed by atoms with Crippen molar-refractivity contribution in [3.05, 3.63) is 0 Å². The van der Waals surface area contributed by atoms with Crippen LogP contribution in [0.1, 0.15) is 59.3 Å². The lowest BCUT2D eigenvalue weighted by Crippen LogP contribution is -2.48. The minimum absolute atomic E-state index is 0.000425. The van der Waals surface area contributed by atoms with Crippen molar-refractivity contribution in [1.29, 1.82) is 0 Å². The fourth-order valence-corrected chi connectivity index (χ4v) is 3.04. The topological polar surface area (TPSA) is 67.9 Å². The smallest absolute Gasteiger partial charge is 0.407 e. The van der Waals surface area contributed by atoms with E-state index in [0.29, 0.717) is 13.2 Å². The molecule has 0 spiro atoms. The van der Waals surface area contributed by atoms with Crippen LogP contribution >= 0.6 is 0 Å². The Labute approximate surface area is 132 Å². The third-order valence-corrected chi connectivity index (χ3v) is 4.03. The molecule has 1 saturated heterocycles. The molecule has 2 fully saturated rings. The predicted molar refractivity (Wildman–Crippen MR) is 82.0 cm³/mol. The van der Waals surface area contributed by atoms with Gasteiger partial charge in [0, 0.05) is 6.04 Å². The lowest BCUT2D eigenvalue weighted by molar-refractivity contribution is -0.174. The van der Waals surface area contributed by atoms with Crippen molar-refractivity contribution >= 4 is 12.0 Å². The molecule has 2 unspecified atom stereocenters. The molecule has 0 aromatic heterocycles. The quantitative estimate of drug-likeness (QED) is 0.796. The number of carbonyl (C=O) groups is 2. The Morgan fingerprint density at radius 2 is 1.86 bits per heavy atom. The first kappa shape index (κ1) is 17.1. The Hall–Kier alpha value is -1.30. The van der Waals surface area contributed by atoms with Gasteiger partial charge in [-0.25, -0.2) is 9.86 Å². The number of nitrogens with one attached hydrogen (secondary N) is 1. The van der Waals surface area contributed by atoms with Gasteiger partial charge in [0.05, 0.1) is 19.1 Å². The first-order valence-corrected chi connectivity index (χ1v) is 8.30. The molecule has 0 radical (unpaired) electrons. The first-order valence-electron chi connectivity index (χ1n) is 8.30. The summed E-state index contributed by atoms with van der Waals surface area (Å²) in [6.45, 7) is 6.75. The summed E-state index contributed by atoms with van der Waals surface area (Å²) in [5.74, 6) is -0.214. The molecule has 2 atom stereocenters. The van der Waals surface area contributed by atoms with Crippen LogP contribution in [0.25, 0.3) is 0 Å². The van der Waals surface area contributed by atoms with Crippen molar-refractivity contribution in [3.8, 4) is 0 Å². The van der Waals surface area contributed by atoms with Crippen LogP contribution in [0, 0.1) is 5.92 Å². The maximum absolute atomic E-state index is 12.6. The van der Waals surface area contributed by atoms with Crippen LogP contribution in [-0.2, 0) is 14.4 Å². The molecular weight excluding hydrogens is 284 g/mol. The molecular formula is C16H28N2O4. The zero-order chi connectivity index (χ0) is 16.2. The maximum atomic E-state index is 12.6. The number of rotatable bonds is 2. The summed E-state index contributed by atoms with van der Waals surface area (Å²) in [5, 5.41) is 4.38. The molecule has 2 aliphatic rings. The Kier molecular flexibility index (Phi) is 5.67. The van der Waals surface area contributed by atoms with Crippen molar-refractivity contribution in [3.63, 3.8) is 0 Å². The summed E-state index contributed by atoms with van der Waals surface area (Å²) in [4.78, 5) is 30.1. The van der Waals surface area contributed by atoms with Crippen LogP contribution in [0.5, 0.6) is 0 Å². The van der Waals surface area contributed by atoms with Gasteiger partial charge in [-0.1, -0.05) is 19.3 Å². The van der Waals surface area contributed by atoms with Gasteiger partial charge < -0.3 is 10.1 Å². The van der Waals surface area contributed by atoms with Crippen molar-refractivity contribution < 1.29 is 19.2 Å². The van der Waals surface area contributed by atoms with Crippen LogP contribution in [0.3, 0.4) is 0 Å². The fourth-order valence-electron chi connectivity index (χ4n) is 3.04. The summed E-state index contributed by atoms with van der Waals surface area (Å²) >= 11 is 0. The second-order valence-electron chi connectivity index (χ2n) is 7.12. The predicted octanol–water partition coefficient (Wildman–Crippen LogP) is 2.62. The van der Waals surface area contributed by atoms with E-state index in [0.717, 1.165) is 38.5 Å². The van der Waals surface area contributed by atoms with Gasteiger partial charge in [-0.2, -0.15) is 0 Å². The average Bonchev–Trinajstić information content (AvgIpc) is 2.84. The molecule has 1 aliphatic carbocycles. The van der Waals surface area contributed by atoms with Crippen molar-refractivity contribution in [2.75, 3.05) is 13.2 Å². The Morgan fingerprint density at radius 1 is 1.14 bits per heavy atom. The molecule has 6 heteroatoms. The van der Waals surface area contributed by atoms with E-state index >= 15 is 0 Å². The first-order chi connectivity index (χ1) is 10.4. The molecule has 0 bridgehead atoms. The van der Waals surface area contributed by atoms with Crippen LogP contribution < -0.4 is 5.32 Å². The van der Waals surface area contributed by atoms with Gasteiger partial charge in [-0.15, -0.1) is 0 Å². The van der Waals surface area contributed by atoms with Gasteiger partial charge >= 0.3 is 6.09 Å². The number of hydrogen-bond donors (Lipinski definition) is 1. The summed E-state index contributed by atoms with van der Waals surface area (Å²) in [6, 6.07) is -0.172. The number of carbonyl (C=O) groups excluding carboxylic acids is 2.